The van der Waals surface area contributed by atoms with E-state index in [9.17, 15) is 14.7 Å². The number of carbonyl (C=O) groups is 2. The zero-order valence-corrected chi connectivity index (χ0v) is 26.3. The van der Waals surface area contributed by atoms with Crippen molar-refractivity contribution >= 4 is 56.8 Å². The number of halogens is 2. The van der Waals surface area contributed by atoms with Crippen molar-refractivity contribution in [3.8, 4) is 0 Å². The van der Waals surface area contributed by atoms with Gasteiger partial charge in [0.15, 0.2) is 0 Å². The zero-order chi connectivity index (χ0) is 31.2. The molecule has 0 aliphatic heterocycles. The van der Waals surface area contributed by atoms with Gasteiger partial charge in [0.2, 0.25) is 5.91 Å². The highest BCUT2D eigenvalue weighted by atomic mass is 35.5. The van der Waals surface area contributed by atoms with Crippen LogP contribution in [-0.4, -0.2) is 57.6 Å². The number of aliphatic carboxylic acids is 1. The fraction of sp³-hybridized carbons (Fsp3) is 0.257. The number of benzene rings is 4. The van der Waals surface area contributed by atoms with Gasteiger partial charge in [-0.1, -0.05) is 96.9 Å². The van der Waals surface area contributed by atoms with Gasteiger partial charge in [0.05, 0.1) is 16.5 Å². The Morgan fingerprint density at radius 2 is 1.61 bits per heavy atom. The second-order valence-electron chi connectivity index (χ2n) is 11.1. The van der Waals surface area contributed by atoms with Crippen LogP contribution in [0.4, 0.5) is 0 Å². The summed E-state index contributed by atoms with van der Waals surface area (Å²) in [4.78, 5) is 31.2. The molecule has 2 atom stereocenters. The first kappa shape index (κ1) is 31.5. The van der Waals surface area contributed by atoms with Crippen molar-refractivity contribution in [1.82, 2.24) is 20.3 Å². The minimum Gasteiger partial charge on any atom is -0.481 e. The van der Waals surface area contributed by atoms with E-state index in [1.807, 2.05) is 60.6 Å². The smallest absolute Gasteiger partial charge is 0.304 e. The predicted octanol–water partition coefficient (Wildman–Crippen LogP) is 7.11. The van der Waals surface area contributed by atoms with Crippen molar-refractivity contribution in [2.75, 3.05) is 13.6 Å². The van der Waals surface area contributed by atoms with Crippen LogP contribution in [0.2, 0.25) is 10.0 Å². The number of aromatic amines is 1. The summed E-state index contributed by atoms with van der Waals surface area (Å²) in [5.41, 5.74) is 7.35. The summed E-state index contributed by atoms with van der Waals surface area (Å²) < 4.78 is 0. The average molecular weight is 632 g/mol. The lowest BCUT2D eigenvalue weighted by atomic mass is 10.00. The van der Waals surface area contributed by atoms with E-state index in [0.29, 0.717) is 36.0 Å². The number of H-pyrrole nitrogens is 1. The van der Waals surface area contributed by atoms with Gasteiger partial charge in [0.1, 0.15) is 6.04 Å². The van der Waals surface area contributed by atoms with Crippen molar-refractivity contribution in [2.24, 2.45) is 0 Å². The van der Waals surface area contributed by atoms with E-state index < -0.39 is 18.1 Å². The molecule has 1 aromatic heterocycles. The number of carbonyl (C=O) groups excluding carboxylic acids is 1. The van der Waals surface area contributed by atoms with Gasteiger partial charge >= 0.3 is 5.97 Å². The number of carboxylic acids is 1. The molecule has 44 heavy (non-hydrogen) atoms. The van der Waals surface area contributed by atoms with E-state index in [1.165, 1.54) is 0 Å². The van der Waals surface area contributed by atoms with Gasteiger partial charge < -0.3 is 15.0 Å². The third kappa shape index (κ3) is 7.60. The quantitative estimate of drug-likeness (QED) is 0.121. The maximum Gasteiger partial charge on any atom is 0.304 e. The molecule has 0 bridgehead atoms. The first-order chi connectivity index (χ1) is 21.2. The van der Waals surface area contributed by atoms with E-state index in [0.717, 1.165) is 38.4 Å². The van der Waals surface area contributed by atoms with Crippen molar-refractivity contribution in [2.45, 2.75) is 44.8 Å². The Bertz CT molecular complexity index is 1770. The number of nitrogens with zero attached hydrogens (tertiary/aromatic N) is 2. The van der Waals surface area contributed by atoms with Gasteiger partial charge in [-0.3, -0.25) is 15.0 Å². The summed E-state index contributed by atoms with van der Waals surface area (Å²) in [6.07, 6.45) is 2.73. The molecule has 1 amide bonds. The van der Waals surface area contributed by atoms with E-state index in [1.54, 1.807) is 24.1 Å². The predicted molar refractivity (Wildman–Crippen MR) is 178 cm³/mol. The number of para-hydroxylation sites is 1. The molecule has 0 saturated heterocycles. The van der Waals surface area contributed by atoms with E-state index in [4.69, 9.17) is 23.2 Å². The Hall–Kier alpha value is -3.88. The van der Waals surface area contributed by atoms with Gasteiger partial charge in [-0.15, -0.1) is 0 Å². The zero-order valence-electron chi connectivity index (χ0n) is 24.8. The Labute approximate surface area is 267 Å². The van der Waals surface area contributed by atoms with Crippen LogP contribution in [0.25, 0.3) is 21.7 Å². The number of carboxylic acid groups (broad SMARTS) is 1. The molecule has 0 aliphatic carbocycles. The molecule has 5 rings (SSSR count). The van der Waals surface area contributed by atoms with Crippen LogP contribution >= 0.6 is 23.2 Å². The molecule has 3 N–H and O–H groups in total. The lowest BCUT2D eigenvalue weighted by molar-refractivity contribution is -0.139. The Morgan fingerprint density at radius 3 is 2.36 bits per heavy atom. The molecular formula is C35H36Cl2N4O3. The summed E-state index contributed by atoms with van der Waals surface area (Å²) in [6, 6.07) is 26.6. The average Bonchev–Trinajstić information content (AvgIpc) is 3.42. The number of nitrogens with one attached hydrogen (secondary N) is 2. The molecule has 0 radical (unpaired) electrons. The van der Waals surface area contributed by atoms with Gasteiger partial charge in [-0.2, -0.15) is 0 Å². The topological polar surface area (TPSA) is 88.7 Å². The maximum atomic E-state index is 14.2. The molecule has 5 aromatic rings. The summed E-state index contributed by atoms with van der Waals surface area (Å²) in [6.45, 7) is 2.79. The standard InChI is InChI=1S/C35H36Cl2N4O3/c1-3-41(39-28(20-34(42)43)19-27-21-38-32-11-7-6-10-29(27)32)33(18-23-12-14-25-8-4-5-9-26(25)16-23)35(44)40(2)22-24-13-15-30(36)31(37)17-24/h4-17,21,28,33,38-39H,3,18-20,22H2,1-2H3,(H,42,43)/t28-,33?/m0/s1. The molecule has 9 heteroatoms. The first-order valence-corrected chi connectivity index (χ1v) is 15.4. The number of hydrazine groups is 1. The largest absolute Gasteiger partial charge is 0.481 e. The summed E-state index contributed by atoms with van der Waals surface area (Å²) in [5.74, 6) is -1.01. The molecule has 1 unspecified atom stereocenters. The van der Waals surface area contributed by atoms with E-state index in [-0.39, 0.29) is 12.3 Å². The maximum absolute atomic E-state index is 14.2. The van der Waals surface area contributed by atoms with Crippen molar-refractivity contribution < 1.29 is 14.7 Å². The van der Waals surface area contributed by atoms with Crippen LogP contribution in [-0.2, 0) is 29.0 Å². The second kappa shape index (κ2) is 14.3. The van der Waals surface area contributed by atoms with Gasteiger partial charge in [0, 0.05) is 43.3 Å². The number of likely N-dealkylation sites (N-methyl/N-ethyl adjacent to an activating group) is 2. The van der Waals surface area contributed by atoms with Gasteiger partial charge in [-0.25, -0.2) is 5.01 Å². The molecule has 0 fully saturated rings. The molecule has 4 aromatic carbocycles. The fourth-order valence-corrected chi connectivity index (χ4v) is 6.06. The Balaban J connectivity index is 1.44. The summed E-state index contributed by atoms with van der Waals surface area (Å²) >= 11 is 12.4. The third-order valence-corrected chi connectivity index (χ3v) is 8.67. The Kier molecular flexibility index (Phi) is 10.2. The summed E-state index contributed by atoms with van der Waals surface area (Å²) in [7, 11) is 1.77. The van der Waals surface area contributed by atoms with Gasteiger partial charge in [-0.05, 0) is 58.5 Å². The molecule has 0 spiro atoms. The lowest BCUT2D eigenvalue weighted by Gasteiger charge is -2.36. The van der Waals surface area contributed by atoms with E-state index in [2.05, 4.69) is 40.7 Å². The first-order valence-electron chi connectivity index (χ1n) is 14.7. The van der Waals surface area contributed by atoms with Crippen LogP contribution in [0, 0.1) is 0 Å². The SMILES string of the molecule is CCN(N[C@H](CC(=O)O)Cc1c[nH]c2ccccc12)C(Cc1ccc2ccccc2c1)C(=O)N(C)Cc1ccc(Cl)c(Cl)c1. The molecule has 0 saturated carbocycles. The molecular weight excluding hydrogens is 595 g/mol. The van der Waals surface area contributed by atoms with Crippen molar-refractivity contribution in [3.05, 3.63) is 118 Å². The Morgan fingerprint density at radius 1 is 0.886 bits per heavy atom. The molecule has 0 aliphatic rings. The minimum absolute atomic E-state index is 0.0975. The highest BCUT2D eigenvalue weighted by Crippen LogP contribution is 2.25. The van der Waals surface area contributed by atoms with Crippen LogP contribution in [0.1, 0.15) is 30.0 Å². The highest BCUT2D eigenvalue weighted by Gasteiger charge is 2.31. The number of hydrogen-bond donors (Lipinski definition) is 3. The number of aromatic nitrogens is 1. The molecule has 228 valence electrons. The van der Waals surface area contributed by atoms with Crippen LogP contribution in [0.15, 0.2) is 91.1 Å². The lowest BCUT2D eigenvalue weighted by Crippen LogP contribution is -2.57. The monoisotopic (exact) mass is 630 g/mol. The fourth-order valence-electron chi connectivity index (χ4n) is 5.74. The van der Waals surface area contributed by atoms with Gasteiger partial charge in [0.25, 0.3) is 0 Å². The highest BCUT2D eigenvalue weighted by molar-refractivity contribution is 6.42. The third-order valence-electron chi connectivity index (χ3n) is 7.94. The molecule has 1 heterocycles. The summed E-state index contributed by atoms with van der Waals surface area (Å²) in [5, 5.41) is 15.9. The number of fused-ring (bicyclic) bond motifs is 2. The second-order valence-corrected chi connectivity index (χ2v) is 11.9. The number of amides is 1. The van der Waals surface area contributed by atoms with Crippen LogP contribution in [0.5, 0.6) is 0 Å². The normalized spacial score (nSPS) is 12.9. The van der Waals surface area contributed by atoms with Crippen LogP contribution < -0.4 is 5.43 Å². The minimum atomic E-state index is -0.910. The molecule has 7 nitrogen and oxygen atoms in total. The van der Waals surface area contributed by atoms with E-state index >= 15 is 0 Å². The number of hydrogen-bond acceptors (Lipinski definition) is 4. The van der Waals surface area contributed by atoms with Crippen molar-refractivity contribution in [3.63, 3.8) is 0 Å². The van der Waals surface area contributed by atoms with Crippen LogP contribution in [0.3, 0.4) is 0 Å². The van der Waals surface area contributed by atoms with Crippen molar-refractivity contribution in [1.29, 1.82) is 0 Å². The number of rotatable bonds is 13.